The molecule has 2 aromatic rings. The van der Waals surface area contributed by atoms with Gasteiger partial charge in [-0.05, 0) is 37.8 Å². The molecule has 2 aliphatic rings. The van der Waals surface area contributed by atoms with Gasteiger partial charge in [0.25, 0.3) is 0 Å². The van der Waals surface area contributed by atoms with Crippen molar-refractivity contribution in [2.45, 2.75) is 45.4 Å². The van der Waals surface area contributed by atoms with Gasteiger partial charge in [-0.3, -0.25) is 14.6 Å². The summed E-state index contributed by atoms with van der Waals surface area (Å²) < 4.78 is 6.62. The summed E-state index contributed by atoms with van der Waals surface area (Å²) in [5.74, 6) is 0.462. The maximum atomic E-state index is 13.4. The van der Waals surface area contributed by atoms with E-state index in [0.29, 0.717) is 5.91 Å². The molecule has 0 bridgehead atoms. The molecule has 152 valence electrons. The van der Waals surface area contributed by atoms with E-state index in [4.69, 9.17) is 9.72 Å². The third-order valence-corrected chi connectivity index (χ3v) is 7.06. The van der Waals surface area contributed by atoms with Crippen LogP contribution in [0.2, 0.25) is 0 Å². The molecule has 0 spiro atoms. The first-order valence-electron chi connectivity index (χ1n) is 10.7. The second kappa shape index (κ2) is 9.33. The molecule has 1 aliphatic carbocycles. The number of thiazole rings is 1. The number of anilines is 1. The van der Waals surface area contributed by atoms with E-state index >= 15 is 0 Å². The molecule has 0 unspecified atom stereocenters. The molecular weight excluding hydrogens is 370 g/mol. The standard InChI is InChI=1S/C22H31N3O2S/c1-17-7-5-10-19-20(17)23-22(28-19)25(21(26)18-8-3-2-4-9-18)12-6-11-24-13-15-27-16-14-24/h5,7,10,18H,2-4,6,8-9,11-16H2,1H3. The molecule has 1 aromatic heterocycles. The number of carbonyl (C=O) groups is 1. The average Bonchev–Trinajstić information content (AvgIpc) is 3.17. The van der Waals surface area contributed by atoms with E-state index in [-0.39, 0.29) is 5.92 Å². The predicted molar refractivity (Wildman–Crippen MR) is 115 cm³/mol. The molecule has 5 nitrogen and oxygen atoms in total. The van der Waals surface area contributed by atoms with Crippen molar-refractivity contribution >= 4 is 32.6 Å². The lowest BCUT2D eigenvalue weighted by molar-refractivity contribution is -0.123. The Morgan fingerprint density at radius 2 is 2.04 bits per heavy atom. The van der Waals surface area contributed by atoms with Crippen molar-refractivity contribution in [2.24, 2.45) is 5.92 Å². The van der Waals surface area contributed by atoms with E-state index in [1.807, 2.05) is 4.90 Å². The first-order chi connectivity index (χ1) is 13.7. The zero-order valence-electron chi connectivity index (χ0n) is 16.9. The van der Waals surface area contributed by atoms with Crippen LogP contribution in [0.5, 0.6) is 0 Å². The number of amides is 1. The molecule has 2 heterocycles. The number of aryl methyl sites for hydroxylation is 1. The molecule has 0 radical (unpaired) electrons. The van der Waals surface area contributed by atoms with Crippen LogP contribution < -0.4 is 4.90 Å². The van der Waals surface area contributed by atoms with Gasteiger partial charge in [0.15, 0.2) is 5.13 Å². The number of hydrogen-bond donors (Lipinski definition) is 0. The van der Waals surface area contributed by atoms with Crippen LogP contribution >= 0.6 is 11.3 Å². The summed E-state index contributed by atoms with van der Waals surface area (Å²) in [6.45, 7) is 7.50. The number of fused-ring (bicyclic) bond motifs is 1. The van der Waals surface area contributed by atoms with Crippen molar-refractivity contribution in [3.63, 3.8) is 0 Å². The number of para-hydroxylation sites is 1. The van der Waals surface area contributed by atoms with Crippen LogP contribution in [0, 0.1) is 12.8 Å². The summed E-state index contributed by atoms with van der Waals surface area (Å²) >= 11 is 1.66. The minimum atomic E-state index is 0.172. The minimum Gasteiger partial charge on any atom is -0.379 e. The van der Waals surface area contributed by atoms with E-state index in [2.05, 4.69) is 30.0 Å². The molecule has 4 rings (SSSR count). The van der Waals surface area contributed by atoms with Gasteiger partial charge in [-0.25, -0.2) is 4.98 Å². The van der Waals surface area contributed by atoms with Crippen LogP contribution in [0.4, 0.5) is 5.13 Å². The molecular formula is C22H31N3O2S. The highest BCUT2D eigenvalue weighted by molar-refractivity contribution is 7.22. The van der Waals surface area contributed by atoms with Crippen LogP contribution in [0.15, 0.2) is 18.2 Å². The summed E-state index contributed by atoms with van der Waals surface area (Å²) in [6, 6.07) is 6.28. The van der Waals surface area contributed by atoms with E-state index in [1.165, 1.54) is 29.5 Å². The van der Waals surface area contributed by atoms with Gasteiger partial charge < -0.3 is 4.74 Å². The lowest BCUT2D eigenvalue weighted by atomic mass is 9.88. The Balaban J connectivity index is 1.51. The smallest absolute Gasteiger partial charge is 0.231 e. The molecule has 6 heteroatoms. The summed E-state index contributed by atoms with van der Waals surface area (Å²) in [5.41, 5.74) is 2.22. The molecule has 1 aliphatic heterocycles. The number of nitrogens with zero attached hydrogens (tertiary/aromatic N) is 3. The lowest BCUT2D eigenvalue weighted by Gasteiger charge is -2.30. The van der Waals surface area contributed by atoms with Gasteiger partial charge in [-0.15, -0.1) is 0 Å². The summed E-state index contributed by atoms with van der Waals surface area (Å²) in [6.07, 6.45) is 6.66. The van der Waals surface area contributed by atoms with Crippen LogP contribution in [-0.4, -0.2) is 55.2 Å². The highest BCUT2D eigenvalue weighted by Gasteiger charge is 2.28. The van der Waals surface area contributed by atoms with Crippen molar-refractivity contribution in [2.75, 3.05) is 44.3 Å². The van der Waals surface area contributed by atoms with E-state index < -0.39 is 0 Å². The fourth-order valence-corrected chi connectivity index (χ4v) is 5.41. The topological polar surface area (TPSA) is 45.7 Å². The van der Waals surface area contributed by atoms with E-state index in [0.717, 1.165) is 69.3 Å². The SMILES string of the molecule is Cc1cccc2sc(N(CCCN3CCOCC3)C(=O)C3CCCCC3)nc12. The summed E-state index contributed by atoms with van der Waals surface area (Å²) in [5, 5.41) is 0.877. The molecule has 2 fully saturated rings. The minimum absolute atomic E-state index is 0.172. The van der Waals surface area contributed by atoms with Gasteiger partial charge in [0.2, 0.25) is 5.91 Å². The maximum Gasteiger partial charge on any atom is 0.231 e. The first kappa shape index (κ1) is 19.8. The van der Waals surface area contributed by atoms with Crippen molar-refractivity contribution in [3.8, 4) is 0 Å². The van der Waals surface area contributed by atoms with Gasteiger partial charge in [0, 0.05) is 32.1 Å². The van der Waals surface area contributed by atoms with Crippen LogP contribution in [0.25, 0.3) is 10.2 Å². The van der Waals surface area contributed by atoms with Crippen molar-refractivity contribution in [1.29, 1.82) is 0 Å². The number of carbonyl (C=O) groups excluding carboxylic acids is 1. The van der Waals surface area contributed by atoms with E-state index in [9.17, 15) is 4.79 Å². The zero-order chi connectivity index (χ0) is 19.3. The molecule has 28 heavy (non-hydrogen) atoms. The third kappa shape index (κ3) is 4.56. The predicted octanol–water partition coefficient (Wildman–Crippen LogP) is 4.24. The number of aromatic nitrogens is 1. The van der Waals surface area contributed by atoms with Gasteiger partial charge >= 0.3 is 0 Å². The molecule has 1 saturated carbocycles. The van der Waals surface area contributed by atoms with Crippen LogP contribution in [0.3, 0.4) is 0 Å². The molecule has 1 aromatic carbocycles. The second-order valence-electron chi connectivity index (χ2n) is 8.05. The number of hydrogen-bond acceptors (Lipinski definition) is 5. The highest BCUT2D eigenvalue weighted by atomic mass is 32.1. The molecule has 1 saturated heterocycles. The Hall–Kier alpha value is -1.50. The second-order valence-corrected chi connectivity index (χ2v) is 9.06. The Bertz CT molecular complexity index is 794. The fourth-order valence-electron chi connectivity index (χ4n) is 4.34. The highest BCUT2D eigenvalue weighted by Crippen LogP contribution is 2.33. The number of morpholine rings is 1. The largest absolute Gasteiger partial charge is 0.379 e. The number of ether oxygens (including phenoxy) is 1. The maximum absolute atomic E-state index is 13.4. The lowest BCUT2D eigenvalue weighted by Crippen LogP contribution is -2.41. The van der Waals surface area contributed by atoms with Gasteiger partial charge in [0.1, 0.15) is 0 Å². The van der Waals surface area contributed by atoms with Crippen molar-refractivity contribution in [3.05, 3.63) is 23.8 Å². The number of rotatable bonds is 6. The molecule has 0 atom stereocenters. The third-order valence-electron chi connectivity index (χ3n) is 6.02. The van der Waals surface area contributed by atoms with Gasteiger partial charge in [-0.1, -0.05) is 42.7 Å². The van der Waals surface area contributed by atoms with Crippen LogP contribution in [-0.2, 0) is 9.53 Å². The Morgan fingerprint density at radius 3 is 2.79 bits per heavy atom. The first-order valence-corrected chi connectivity index (χ1v) is 11.5. The normalized spacial score (nSPS) is 19.2. The van der Waals surface area contributed by atoms with Gasteiger partial charge in [-0.2, -0.15) is 0 Å². The quantitative estimate of drug-likeness (QED) is 0.726. The Morgan fingerprint density at radius 1 is 1.25 bits per heavy atom. The van der Waals surface area contributed by atoms with E-state index in [1.54, 1.807) is 11.3 Å². The average molecular weight is 402 g/mol. The van der Waals surface area contributed by atoms with Crippen molar-refractivity contribution in [1.82, 2.24) is 9.88 Å². The Labute approximate surface area is 171 Å². The molecule has 1 amide bonds. The summed E-state index contributed by atoms with van der Waals surface area (Å²) in [4.78, 5) is 22.7. The monoisotopic (exact) mass is 401 g/mol. The van der Waals surface area contributed by atoms with Crippen LogP contribution in [0.1, 0.15) is 44.1 Å². The fraction of sp³-hybridized carbons (Fsp3) is 0.636. The number of benzene rings is 1. The van der Waals surface area contributed by atoms with Gasteiger partial charge in [0.05, 0.1) is 23.4 Å². The molecule has 0 N–H and O–H groups in total. The zero-order valence-corrected chi connectivity index (χ0v) is 17.7. The summed E-state index contributed by atoms with van der Waals surface area (Å²) in [7, 11) is 0. The Kier molecular flexibility index (Phi) is 6.60. The van der Waals surface area contributed by atoms with Crippen molar-refractivity contribution < 1.29 is 9.53 Å².